The number of aliphatic imine (C=N–C) groups is 1. The van der Waals surface area contributed by atoms with Gasteiger partial charge in [0.25, 0.3) is 0 Å². The van der Waals surface area contributed by atoms with Crippen molar-refractivity contribution in [3.63, 3.8) is 0 Å². The van der Waals surface area contributed by atoms with Gasteiger partial charge < -0.3 is 5.32 Å². The van der Waals surface area contributed by atoms with Crippen molar-refractivity contribution in [2.75, 3.05) is 0 Å². The van der Waals surface area contributed by atoms with Crippen molar-refractivity contribution in [2.24, 2.45) is 10.9 Å². The Morgan fingerprint density at radius 3 is 2.70 bits per heavy atom. The standard InChI is InChI=1S/C8H12N2/c1-6(2)8-5-9-4-7(3)10-8/h4-6,10H,3H2,1-2H3. The lowest BCUT2D eigenvalue weighted by Crippen LogP contribution is -2.19. The lowest BCUT2D eigenvalue weighted by molar-refractivity contribution is 0.702. The van der Waals surface area contributed by atoms with Gasteiger partial charge in [0, 0.05) is 23.8 Å². The van der Waals surface area contributed by atoms with Gasteiger partial charge in [0.15, 0.2) is 0 Å². The molecule has 0 amide bonds. The van der Waals surface area contributed by atoms with Crippen molar-refractivity contribution >= 4 is 6.21 Å². The van der Waals surface area contributed by atoms with Crippen molar-refractivity contribution in [1.29, 1.82) is 0 Å². The molecule has 0 aromatic carbocycles. The number of nitrogens with one attached hydrogen (secondary N) is 1. The van der Waals surface area contributed by atoms with E-state index in [0.717, 1.165) is 11.4 Å². The van der Waals surface area contributed by atoms with Crippen LogP contribution in [0.4, 0.5) is 0 Å². The zero-order chi connectivity index (χ0) is 7.56. The van der Waals surface area contributed by atoms with E-state index in [4.69, 9.17) is 0 Å². The van der Waals surface area contributed by atoms with E-state index in [1.54, 1.807) is 6.21 Å². The topological polar surface area (TPSA) is 24.4 Å². The van der Waals surface area contributed by atoms with Gasteiger partial charge in [-0.3, -0.25) is 4.99 Å². The first-order valence-corrected chi connectivity index (χ1v) is 3.39. The Labute approximate surface area is 61.4 Å². The van der Waals surface area contributed by atoms with Crippen molar-refractivity contribution in [2.45, 2.75) is 13.8 Å². The van der Waals surface area contributed by atoms with Gasteiger partial charge in [-0.25, -0.2) is 0 Å². The van der Waals surface area contributed by atoms with E-state index in [1.807, 2.05) is 6.20 Å². The quantitative estimate of drug-likeness (QED) is 0.582. The highest BCUT2D eigenvalue weighted by atomic mass is 15.0. The minimum Gasteiger partial charge on any atom is -0.357 e. The number of hydrogen-bond acceptors (Lipinski definition) is 2. The van der Waals surface area contributed by atoms with E-state index in [9.17, 15) is 0 Å². The molecular formula is C8H12N2. The van der Waals surface area contributed by atoms with Gasteiger partial charge in [0.1, 0.15) is 0 Å². The molecule has 1 aliphatic rings. The van der Waals surface area contributed by atoms with Gasteiger partial charge in [-0.2, -0.15) is 0 Å². The van der Waals surface area contributed by atoms with Crippen LogP contribution in [0.15, 0.2) is 29.2 Å². The summed E-state index contributed by atoms with van der Waals surface area (Å²) in [6, 6.07) is 0. The molecule has 0 spiro atoms. The molecule has 10 heavy (non-hydrogen) atoms. The normalized spacial score (nSPS) is 17.1. The maximum Gasteiger partial charge on any atom is 0.0497 e. The molecule has 0 unspecified atom stereocenters. The van der Waals surface area contributed by atoms with Crippen molar-refractivity contribution in [1.82, 2.24) is 5.32 Å². The van der Waals surface area contributed by atoms with Crippen molar-refractivity contribution in [3.8, 4) is 0 Å². The van der Waals surface area contributed by atoms with Crippen LogP contribution in [-0.4, -0.2) is 6.21 Å². The predicted molar refractivity (Wildman–Crippen MR) is 43.7 cm³/mol. The second kappa shape index (κ2) is 2.69. The SMILES string of the molecule is C=C1C=NC=C(C(C)C)N1. The fourth-order valence-corrected chi connectivity index (χ4v) is 0.751. The first-order chi connectivity index (χ1) is 4.70. The van der Waals surface area contributed by atoms with Crippen LogP contribution in [-0.2, 0) is 0 Å². The summed E-state index contributed by atoms with van der Waals surface area (Å²) in [6.45, 7) is 7.98. The Kier molecular flexibility index (Phi) is 1.90. The van der Waals surface area contributed by atoms with Gasteiger partial charge in [-0.15, -0.1) is 0 Å². The van der Waals surface area contributed by atoms with Gasteiger partial charge in [0.05, 0.1) is 0 Å². The molecule has 1 aliphatic heterocycles. The molecule has 2 heteroatoms. The number of nitrogens with zero attached hydrogens (tertiary/aromatic N) is 1. The minimum absolute atomic E-state index is 0.495. The summed E-state index contributed by atoms with van der Waals surface area (Å²) in [4.78, 5) is 4.01. The Bertz CT molecular complexity index is 199. The summed E-state index contributed by atoms with van der Waals surface area (Å²) in [6.07, 6.45) is 3.55. The molecule has 2 nitrogen and oxygen atoms in total. The molecule has 1 N–H and O–H groups in total. The Balaban J connectivity index is 2.70. The first kappa shape index (κ1) is 7.06. The molecule has 1 heterocycles. The molecule has 0 saturated carbocycles. The molecule has 0 aliphatic carbocycles. The number of allylic oxidation sites excluding steroid dienone is 2. The van der Waals surface area contributed by atoms with Crippen LogP contribution in [0.2, 0.25) is 0 Å². The third-order valence-electron chi connectivity index (χ3n) is 1.37. The highest BCUT2D eigenvalue weighted by molar-refractivity contribution is 5.79. The van der Waals surface area contributed by atoms with E-state index in [1.165, 1.54) is 0 Å². The monoisotopic (exact) mass is 136 g/mol. The van der Waals surface area contributed by atoms with Gasteiger partial charge in [-0.1, -0.05) is 20.4 Å². The second-order valence-corrected chi connectivity index (χ2v) is 2.67. The van der Waals surface area contributed by atoms with Crippen molar-refractivity contribution in [3.05, 3.63) is 24.2 Å². The Hall–Kier alpha value is -1.05. The predicted octanol–water partition coefficient (Wildman–Crippen LogP) is 1.67. The van der Waals surface area contributed by atoms with E-state index >= 15 is 0 Å². The molecule has 1 rings (SSSR count). The zero-order valence-electron chi connectivity index (χ0n) is 6.39. The summed E-state index contributed by atoms with van der Waals surface area (Å²) in [5.41, 5.74) is 2.00. The zero-order valence-corrected chi connectivity index (χ0v) is 6.39. The van der Waals surface area contributed by atoms with Crippen LogP contribution in [0.3, 0.4) is 0 Å². The third kappa shape index (κ3) is 1.47. The molecule has 0 bridgehead atoms. The highest BCUT2D eigenvalue weighted by Crippen LogP contribution is 2.09. The van der Waals surface area contributed by atoms with E-state index in [2.05, 4.69) is 30.7 Å². The van der Waals surface area contributed by atoms with Gasteiger partial charge >= 0.3 is 0 Å². The average molecular weight is 136 g/mol. The molecule has 0 aromatic rings. The molecule has 0 aromatic heterocycles. The average Bonchev–Trinajstić information content (AvgIpc) is 1.88. The molecular weight excluding hydrogens is 124 g/mol. The lowest BCUT2D eigenvalue weighted by Gasteiger charge is -2.15. The Morgan fingerprint density at radius 2 is 2.30 bits per heavy atom. The van der Waals surface area contributed by atoms with Gasteiger partial charge in [0.2, 0.25) is 0 Å². The summed E-state index contributed by atoms with van der Waals surface area (Å²) < 4.78 is 0. The van der Waals surface area contributed by atoms with Crippen LogP contribution in [0, 0.1) is 5.92 Å². The lowest BCUT2D eigenvalue weighted by atomic mass is 10.1. The molecule has 0 fully saturated rings. The number of rotatable bonds is 1. The van der Waals surface area contributed by atoms with Gasteiger partial charge in [-0.05, 0) is 5.92 Å². The van der Waals surface area contributed by atoms with E-state index in [0.29, 0.717) is 5.92 Å². The smallest absolute Gasteiger partial charge is 0.0497 e. The first-order valence-electron chi connectivity index (χ1n) is 3.39. The summed E-state index contributed by atoms with van der Waals surface area (Å²) in [5.74, 6) is 0.495. The van der Waals surface area contributed by atoms with Crippen LogP contribution in [0.25, 0.3) is 0 Å². The maximum atomic E-state index is 4.01. The van der Waals surface area contributed by atoms with Crippen LogP contribution < -0.4 is 5.32 Å². The molecule has 54 valence electrons. The fraction of sp³-hybridized carbons (Fsp3) is 0.375. The summed E-state index contributed by atoms with van der Waals surface area (Å²) in [5, 5.41) is 3.13. The summed E-state index contributed by atoms with van der Waals surface area (Å²) in [7, 11) is 0. The van der Waals surface area contributed by atoms with Crippen LogP contribution in [0.1, 0.15) is 13.8 Å². The van der Waals surface area contributed by atoms with Crippen molar-refractivity contribution < 1.29 is 0 Å². The highest BCUT2D eigenvalue weighted by Gasteiger charge is 2.04. The maximum absolute atomic E-state index is 4.01. The van der Waals surface area contributed by atoms with Crippen LogP contribution in [0.5, 0.6) is 0 Å². The second-order valence-electron chi connectivity index (χ2n) is 2.67. The molecule has 0 saturated heterocycles. The Morgan fingerprint density at radius 1 is 1.60 bits per heavy atom. The third-order valence-corrected chi connectivity index (χ3v) is 1.37. The van der Waals surface area contributed by atoms with Crippen LogP contribution >= 0.6 is 0 Å². The number of hydrogen-bond donors (Lipinski definition) is 1. The summed E-state index contributed by atoms with van der Waals surface area (Å²) >= 11 is 0. The van der Waals surface area contributed by atoms with E-state index < -0.39 is 0 Å². The molecule has 0 radical (unpaired) electrons. The molecule has 0 atom stereocenters. The van der Waals surface area contributed by atoms with E-state index in [-0.39, 0.29) is 0 Å². The minimum atomic E-state index is 0.495. The largest absolute Gasteiger partial charge is 0.357 e. The fourth-order valence-electron chi connectivity index (χ4n) is 0.751.